The first-order valence-corrected chi connectivity index (χ1v) is 18.6. The van der Waals surface area contributed by atoms with E-state index in [0.29, 0.717) is 0 Å². The molecule has 0 radical (unpaired) electrons. The van der Waals surface area contributed by atoms with E-state index in [1.807, 2.05) is 6.92 Å². The average Bonchev–Trinajstić information content (AvgIpc) is 3.03. The zero-order valence-electron chi connectivity index (χ0n) is 27.1. The van der Waals surface area contributed by atoms with Crippen LogP contribution in [-0.2, 0) is 10.1 Å². The topological polar surface area (TPSA) is 57.2 Å². The van der Waals surface area contributed by atoms with Gasteiger partial charge in [0, 0.05) is 0 Å². The van der Waals surface area contributed by atoms with Gasteiger partial charge in [0.15, 0.2) is 0 Å². The van der Waals surface area contributed by atoms with E-state index in [0.717, 1.165) is 24.6 Å². The van der Waals surface area contributed by atoms with E-state index >= 15 is 0 Å². The third kappa shape index (κ3) is 11.2. The zero-order chi connectivity index (χ0) is 32.7. The summed E-state index contributed by atoms with van der Waals surface area (Å²) in [6.45, 7) is 10.6. The highest BCUT2D eigenvalue weighted by Gasteiger charge is 2.44. The van der Waals surface area contributed by atoms with Gasteiger partial charge in [-0.05, 0) is 102 Å². The Morgan fingerprint density at radius 3 is 1.58 bits per heavy atom. The Balaban J connectivity index is 0.000000423. The van der Waals surface area contributed by atoms with Gasteiger partial charge in [0.2, 0.25) is 0 Å². The van der Waals surface area contributed by atoms with Crippen LogP contribution in [0.2, 0.25) is 0 Å². The van der Waals surface area contributed by atoms with E-state index in [2.05, 4.69) is 149 Å². The highest BCUT2D eigenvalue weighted by molar-refractivity contribution is 7.95. The Labute approximate surface area is 271 Å². The number of benzene rings is 4. The van der Waals surface area contributed by atoms with Gasteiger partial charge >= 0.3 is 0 Å². The molecule has 4 rings (SSSR count). The van der Waals surface area contributed by atoms with E-state index in [-0.39, 0.29) is 4.90 Å². The number of aryl methyl sites for hydroxylation is 1. The molecule has 0 spiro atoms. The number of rotatable bonds is 11. The zero-order valence-corrected chi connectivity index (χ0v) is 28.8. The third-order valence-corrected chi connectivity index (χ3v) is 12.5. The maximum absolute atomic E-state index is 10.4. The standard InChI is InChI=1S/C33H38P.C7H8O3S/c1-28(2)16-14-17-29(3)18-15-19-30(4)26-27-34(31-20-8-5-9-21-31,32-22-10-6-11-23-32)33-24-12-7-13-25-33;1-6-2-4-7(5-3-6)11(8,9)10/h5-13,15-16,18-26H,14,17,27H2,1-4H3;2-5H,1H3,(H,8,9,10)/q+1;/p-1. The van der Waals surface area contributed by atoms with Crippen molar-refractivity contribution in [3.63, 3.8) is 0 Å². The molecule has 3 nitrogen and oxygen atoms in total. The molecule has 5 heteroatoms. The second kappa shape index (κ2) is 17.6. The molecular formula is C40H45O3PS. The summed E-state index contributed by atoms with van der Waals surface area (Å²) in [5.41, 5.74) is 5.04. The van der Waals surface area contributed by atoms with Crippen molar-refractivity contribution in [1.82, 2.24) is 0 Å². The molecule has 0 fully saturated rings. The summed E-state index contributed by atoms with van der Waals surface area (Å²) in [4.78, 5) is -0.178. The van der Waals surface area contributed by atoms with Crippen molar-refractivity contribution in [2.24, 2.45) is 0 Å². The minimum absolute atomic E-state index is 0.178. The van der Waals surface area contributed by atoms with Crippen LogP contribution in [0.4, 0.5) is 0 Å². The van der Waals surface area contributed by atoms with E-state index in [4.69, 9.17) is 0 Å². The molecule has 0 aliphatic rings. The van der Waals surface area contributed by atoms with Crippen LogP contribution >= 0.6 is 7.26 Å². The smallest absolute Gasteiger partial charge is 0.124 e. The fraction of sp³-hybridized carbons (Fsp3) is 0.200. The molecule has 0 aromatic heterocycles. The van der Waals surface area contributed by atoms with Gasteiger partial charge in [0.05, 0.1) is 11.1 Å². The first kappa shape index (κ1) is 35.7. The summed E-state index contributed by atoms with van der Waals surface area (Å²) in [6.07, 6.45) is 14.7. The summed E-state index contributed by atoms with van der Waals surface area (Å²) in [5.74, 6) is 0. The maximum Gasteiger partial charge on any atom is 0.124 e. The summed E-state index contributed by atoms with van der Waals surface area (Å²) in [7, 11) is -6.08. The molecule has 0 unspecified atom stereocenters. The van der Waals surface area contributed by atoms with Gasteiger partial charge in [-0.15, -0.1) is 0 Å². The van der Waals surface area contributed by atoms with E-state index in [1.54, 1.807) is 12.1 Å². The summed E-state index contributed by atoms with van der Waals surface area (Å²) >= 11 is 0. The molecule has 4 aromatic rings. The van der Waals surface area contributed by atoms with Crippen molar-refractivity contribution in [3.8, 4) is 0 Å². The van der Waals surface area contributed by atoms with Crippen LogP contribution in [0.15, 0.2) is 167 Å². The summed E-state index contributed by atoms with van der Waals surface area (Å²) in [5, 5.41) is 4.28. The fourth-order valence-corrected chi connectivity index (χ4v) is 9.50. The van der Waals surface area contributed by atoms with Gasteiger partial charge in [-0.2, -0.15) is 0 Å². The minimum Gasteiger partial charge on any atom is -0.744 e. The average molecular weight is 637 g/mol. The van der Waals surface area contributed by atoms with Gasteiger partial charge in [-0.25, -0.2) is 8.42 Å². The second-order valence-electron chi connectivity index (χ2n) is 11.4. The summed E-state index contributed by atoms with van der Waals surface area (Å²) < 4.78 is 31.2. The molecule has 0 amide bonds. The number of hydrogen-bond donors (Lipinski definition) is 0. The van der Waals surface area contributed by atoms with Gasteiger partial charge in [-0.3, -0.25) is 0 Å². The molecule has 0 saturated carbocycles. The summed E-state index contributed by atoms with van der Waals surface area (Å²) in [6, 6.07) is 39.0. The molecule has 0 atom stereocenters. The van der Waals surface area contributed by atoms with Crippen molar-refractivity contribution in [2.45, 2.75) is 52.4 Å². The van der Waals surface area contributed by atoms with Gasteiger partial charge < -0.3 is 4.55 Å². The van der Waals surface area contributed by atoms with E-state index in [9.17, 15) is 13.0 Å². The molecular weight excluding hydrogens is 591 g/mol. The molecule has 0 heterocycles. The Morgan fingerprint density at radius 2 is 1.16 bits per heavy atom. The lowest BCUT2D eigenvalue weighted by molar-refractivity contribution is 0.463. The second-order valence-corrected chi connectivity index (χ2v) is 16.3. The molecule has 0 bridgehead atoms. The Morgan fingerprint density at radius 1 is 0.689 bits per heavy atom. The third-order valence-electron chi connectivity index (χ3n) is 7.42. The Hall–Kier alpha value is -3.82. The van der Waals surface area contributed by atoms with Crippen molar-refractivity contribution >= 4 is 33.3 Å². The van der Waals surface area contributed by atoms with E-state index < -0.39 is 17.4 Å². The molecule has 0 N–H and O–H groups in total. The van der Waals surface area contributed by atoms with Crippen molar-refractivity contribution < 1.29 is 13.0 Å². The fourth-order valence-electron chi connectivity index (χ4n) is 4.90. The molecule has 4 aromatic carbocycles. The molecule has 45 heavy (non-hydrogen) atoms. The monoisotopic (exact) mass is 636 g/mol. The molecule has 0 aliphatic heterocycles. The van der Waals surface area contributed by atoms with Crippen LogP contribution in [0.3, 0.4) is 0 Å². The van der Waals surface area contributed by atoms with Crippen LogP contribution in [0.25, 0.3) is 0 Å². The quantitative estimate of drug-likeness (QED) is 0.0714. The lowest BCUT2D eigenvalue weighted by Gasteiger charge is -2.26. The van der Waals surface area contributed by atoms with Crippen LogP contribution < -0.4 is 15.9 Å². The maximum atomic E-state index is 10.4. The van der Waals surface area contributed by atoms with Crippen molar-refractivity contribution in [2.75, 3.05) is 6.16 Å². The predicted octanol–water partition coefficient (Wildman–Crippen LogP) is 9.07. The minimum atomic E-state index is -4.27. The number of hydrogen-bond acceptors (Lipinski definition) is 3. The predicted molar refractivity (Wildman–Crippen MR) is 194 cm³/mol. The molecule has 234 valence electrons. The van der Waals surface area contributed by atoms with Gasteiger partial charge in [0.25, 0.3) is 0 Å². The lowest BCUT2D eigenvalue weighted by Crippen LogP contribution is -2.33. The van der Waals surface area contributed by atoms with Crippen molar-refractivity contribution in [1.29, 1.82) is 0 Å². The lowest BCUT2D eigenvalue weighted by atomic mass is 10.1. The number of allylic oxidation sites excluding steroid dienone is 8. The van der Waals surface area contributed by atoms with Gasteiger partial charge in [-0.1, -0.05) is 113 Å². The highest BCUT2D eigenvalue weighted by Crippen LogP contribution is 2.55. The normalized spacial score (nSPS) is 12.4. The van der Waals surface area contributed by atoms with Gasteiger partial charge in [0.1, 0.15) is 33.3 Å². The molecule has 0 saturated heterocycles. The van der Waals surface area contributed by atoms with Crippen LogP contribution in [0.5, 0.6) is 0 Å². The van der Waals surface area contributed by atoms with Crippen LogP contribution in [0, 0.1) is 6.92 Å². The Bertz CT molecular complexity index is 1600. The van der Waals surface area contributed by atoms with Crippen LogP contribution in [0.1, 0.15) is 46.1 Å². The first-order chi connectivity index (χ1) is 21.5. The van der Waals surface area contributed by atoms with Crippen LogP contribution in [-0.4, -0.2) is 19.1 Å². The van der Waals surface area contributed by atoms with E-state index in [1.165, 1.54) is 44.8 Å². The Kier molecular flexibility index (Phi) is 14.0. The molecule has 0 aliphatic carbocycles. The SMILES string of the molecule is CC(C)=CCCC(C)=CC=CC(C)=CC[P+](c1ccccc1)(c1ccccc1)c1ccccc1.Cc1ccc(S(=O)(=O)[O-])cc1. The van der Waals surface area contributed by atoms with Crippen molar-refractivity contribution in [3.05, 3.63) is 168 Å². The largest absolute Gasteiger partial charge is 0.744 e. The first-order valence-electron chi connectivity index (χ1n) is 15.2. The highest BCUT2D eigenvalue weighted by atomic mass is 32.2.